The van der Waals surface area contributed by atoms with Crippen molar-refractivity contribution in [2.24, 2.45) is 0 Å². The number of methoxy groups -OCH3 is 3. The van der Waals surface area contributed by atoms with Gasteiger partial charge in [0, 0.05) is 14.2 Å². The lowest BCUT2D eigenvalue weighted by Crippen LogP contribution is -2.53. The van der Waals surface area contributed by atoms with Crippen molar-refractivity contribution in [3.63, 3.8) is 0 Å². The van der Waals surface area contributed by atoms with Gasteiger partial charge in [-0.3, -0.25) is 0 Å². The number of carbonyl (C=O) groups is 1. The van der Waals surface area contributed by atoms with Gasteiger partial charge in [0.1, 0.15) is 0 Å². The quantitative estimate of drug-likeness (QED) is 0.492. The van der Waals surface area contributed by atoms with Crippen molar-refractivity contribution in [3.05, 3.63) is 66.2 Å². The Hall–Kier alpha value is -2.73. The lowest BCUT2D eigenvalue weighted by Gasteiger charge is -2.37. The monoisotopic (exact) mass is 403 g/mol. The molecule has 0 amide bonds. The van der Waals surface area contributed by atoms with Gasteiger partial charge in [-0.05, 0) is 17.7 Å². The second-order valence-electron chi connectivity index (χ2n) is 5.86. The molecule has 7 nitrogen and oxygen atoms in total. The van der Waals surface area contributed by atoms with E-state index in [1.807, 2.05) is 6.07 Å². The molecule has 0 bridgehead atoms. The van der Waals surface area contributed by atoms with E-state index >= 15 is 0 Å². The van der Waals surface area contributed by atoms with Gasteiger partial charge < -0.3 is 14.2 Å². The minimum absolute atomic E-state index is 0.0477. The summed E-state index contributed by atoms with van der Waals surface area (Å²) >= 11 is 0. The highest BCUT2D eigenvalue weighted by atomic mass is 32.2. The summed E-state index contributed by atoms with van der Waals surface area (Å²) in [6, 6.07) is 17.7. The smallest absolute Gasteiger partial charge is 0.367 e. The molecular weight excluding hydrogens is 382 g/mol. The summed E-state index contributed by atoms with van der Waals surface area (Å²) in [4.78, 5) is 12.6. The highest BCUT2D eigenvalue weighted by Crippen LogP contribution is 2.40. The molecule has 2 rings (SSSR count). The third kappa shape index (κ3) is 3.78. The summed E-state index contributed by atoms with van der Waals surface area (Å²) in [6.45, 7) is 0. The molecule has 0 aromatic heterocycles. The molecule has 0 saturated carbocycles. The van der Waals surface area contributed by atoms with Crippen LogP contribution in [0.15, 0.2) is 65.6 Å². The van der Waals surface area contributed by atoms with Crippen molar-refractivity contribution < 1.29 is 27.4 Å². The van der Waals surface area contributed by atoms with Crippen LogP contribution in [-0.2, 0) is 28.8 Å². The van der Waals surface area contributed by atoms with E-state index < -0.39 is 32.8 Å². The second-order valence-corrected chi connectivity index (χ2v) is 7.93. The van der Waals surface area contributed by atoms with E-state index in [1.165, 1.54) is 26.4 Å². The van der Waals surface area contributed by atoms with Crippen molar-refractivity contribution in [1.82, 2.24) is 0 Å². The number of nitrogens with zero attached hydrogens (tertiary/aromatic N) is 1. The topological polar surface area (TPSA) is 103 Å². The first-order chi connectivity index (χ1) is 13.4. The Bertz CT molecular complexity index is 934. The van der Waals surface area contributed by atoms with E-state index in [4.69, 9.17) is 14.2 Å². The fraction of sp³-hybridized carbons (Fsp3) is 0.300. The summed E-state index contributed by atoms with van der Waals surface area (Å²) in [6.07, 6.45) is 0. The van der Waals surface area contributed by atoms with Gasteiger partial charge in [0.05, 0.1) is 24.0 Å². The first-order valence-corrected chi connectivity index (χ1v) is 9.86. The lowest BCUT2D eigenvalue weighted by molar-refractivity contribution is -0.236. The molecule has 0 radical (unpaired) electrons. The van der Waals surface area contributed by atoms with E-state index in [0.29, 0.717) is 5.56 Å². The molecular formula is C20H21NO6S. The van der Waals surface area contributed by atoms with Crippen LogP contribution in [0.4, 0.5) is 0 Å². The number of nitriles is 1. The summed E-state index contributed by atoms with van der Waals surface area (Å²) in [5.41, 5.74) is 0.377. The van der Waals surface area contributed by atoms with Crippen LogP contribution in [0, 0.1) is 11.3 Å². The molecule has 0 fully saturated rings. The van der Waals surface area contributed by atoms with Crippen LogP contribution in [0.1, 0.15) is 11.5 Å². The molecule has 0 spiro atoms. The van der Waals surface area contributed by atoms with Crippen molar-refractivity contribution in [2.45, 2.75) is 21.9 Å². The van der Waals surface area contributed by atoms with E-state index in [-0.39, 0.29) is 4.90 Å². The summed E-state index contributed by atoms with van der Waals surface area (Å²) < 4.78 is 42.1. The maximum atomic E-state index is 13.3. The number of carbonyl (C=O) groups excluding carboxylic acids is 1. The van der Waals surface area contributed by atoms with Crippen LogP contribution < -0.4 is 0 Å². The normalized spacial score (nSPS) is 13.9. The molecule has 0 aliphatic heterocycles. The van der Waals surface area contributed by atoms with Gasteiger partial charge in [0.15, 0.2) is 15.1 Å². The highest BCUT2D eigenvalue weighted by molar-refractivity contribution is 7.92. The molecule has 0 N–H and O–H groups in total. The van der Waals surface area contributed by atoms with Crippen LogP contribution in [0.2, 0.25) is 0 Å². The van der Waals surface area contributed by atoms with Gasteiger partial charge >= 0.3 is 5.97 Å². The van der Waals surface area contributed by atoms with Crippen LogP contribution in [0.25, 0.3) is 0 Å². The Labute approximate surface area is 164 Å². The summed E-state index contributed by atoms with van der Waals surface area (Å²) in [5.74, 6) is -4.40. The number of benzene rings is 2. The van der Waals surface area contributed by atoms with E-state index in [9.17, 15) is 18.5 Å². The largest absolute Gasteiger partial charge is 0.465 e. The molecule has 148 valence electrons. The molecule has 8 heteroatoms. The summed E-state index contributed by atoms with van der Waals surface area (Å²) in [5, 5.41) is 8.19. The molecule has 0 aliphatic rings. The maximum absolute atomic E-state index is 13.3. The van der Waals surface area contributed by atoms with Crippen molar-refractivity contribution in [1.29, 1.82) is 5.26 Å². The van der Waals surface area contributed by atoms with E-state index in [0.717, 1.165) is 7.11 Å². The van der Waals surface area contributed by atoms with Crippen molar-refractivity contribution in [2.75, 3.05) is 21.3 Å². The maximum Gasteiger partial charge on any atom is 0.367 e. The number of sulfone groups is 1. The molecule has 2 atom stereocenters. The molecule has 0 heterocycles. The fourth-order valence-corrected chi connectivity index (χ4v) is 4.77. The van der Waals surface area contributed by atoms with E-state index in [2.05, 4.69) is 0 Å². The van der Waals surface area contributed by atoms with Crippen LogP contribution in [-0.4, -0.2) is 46.8 Å². The minimum Gasteiger partial charge on any atom is -0.465 e. The Balaban J connectivity index is 2.78. The van der Waals surface area contributed by atoms with Gasteiger partial charge in [-0.15, -0.1) is 0 Å². The number of rotatable bonds is 8. The Morgan fingerprint density at radius 1 is 0.964 bits per heavy atom. The molecule has 0 aliphatic carbocycles. The van der Waals surface area contributed by atoms with E-state index in [1.54, 1.807) is 48.5 Å². The average molecular weight is 403 g/mol. The lowest BCUT2D eigenvalue weighted by atomic mass is 9.87. The van der Waals surface area contributed by atoms with Crippen molar-refractivity contribution >= 4 is 15.8 Å². The molecule has 0 unspecified atom stereocenters. The zero-order valence-corrected chi connectivity index (χ0v) is 16.5. The number of hydrogen-bond donors (Lipinski definition) is 0. The standard InChI is InChI=1S/C20H21NO6S/c1-25-19(22)20(26-2,27-3)18(15-10-6-4-7-11-15)17(14-21)28(23,24)16-12-8-5-9-13-16/h4-13,17-18H,1-3H3/t17-,18-/m0/s1. The fourth-order valence-electron chi connectivity index (χ4n) is 3.11. The van der Waals surface area contributed by atoms with Gasteiger partial charge in [-0.2, -0.15) is 5.26 Å². The Morgan fingerprint density at radius 2 is 1.46 bits per heavy atom. The third-order valence-corrected chi connectivity index (χ3v) is 6.46. The van der Waals surface area contributed by atoms with Crippen LogP contribution in [0.5, 0.6) is 0 Å². The highest BCUT2D eigenvalue weighted by Gasteiger charge is 2.56. The van der Waals surface area contributed by atoms with Crippen molar-refractivity contribution in [3.8, 4) is 6.07 Å². The number of hydrogen-bond acceptors (Lipinski definition) is 7. The Kier molecular flexibility index (Phi) is 6.91. The first kappa shape index (κ1) is 21.6. The van der Waals surface area contributed by atoms with Gasteiger partial charge in [-0.25, -0.2) is 13.2 Å². The van der Waals surface area contributed by atoms with Crippen LogP contribution >= 0.6 is 0 Å². The van der Waals surface area contributed by atoms with Crippen LogP contribution in [0.3, 0.4) is 0 Å². The predicted molar refractivity (Wildman–Crippen MR) is 101 cm³/mol. The minimum atomic E-state index is -4.17. The second kappa shape index (κ2) is 8.97. The third-order valence-electron chi connectivity index (χ3n) is 4.48. The van der Waals surface area contributed by atoms with Gasteiger partial charge in [0.25, 0.3) is 5.79 Å². The first-order valence-electron chi connectivity index (χ1n) is 8.31. The number of ether oxygens (including phenoxy) is 3. The molecule has 0 saturated heterocycles. The number of esters is 1. The summed E-state index contributed by atoms with van der Waals surface area (Å²) in [7, 11) is -0.654. The average Bonchev–Trinajstić information content (AvgIpc) is 2.75. The predicted octanol–water partition coefficient (Wildman–Crippen LogP) is 2.30. The van der Waals surface area contributed by atoms with Gasteiger partial charge in [-0.1, -0.05) is 48.5 Å². The SMILES string of the molecule is COC(=O)C(OC)(OC)[C@@H](c1ccccc1)[C@H](C#N)S(=O)(=O)c1ccccc1. The zero-order chi connectivity index (χ0) is 20.8. The molecule has 28 heavy (non-hydrogen) atoms. The molecule has 2 aromatic rings. The zero-order valence-electron chi connectivity index (χ0n) is 15.7. The van der Waals surface area contributed by atoms with Gasteiger partial charge in [0.2, 0.25) is 0 Å². The Morgan fingerprint density at radius 3 is 1.89 bits per heavy atom. The molecule has 2 aromatic carbocycles.